The summed E-state index contributed by atoms with van der Waals surface area (Å²) < 4.78 is 11.0. The molecule has 1 aliphatic heterocycles. The Labute approximate surface area is 175 Å². The van der Waals surface area contributed by atoms with Crippen molar-refractivity contribution in [1.29, 1.82) is 0 Å². The number of anilines is 1. The van der Waals surface area contributed by atoms with Gasteiger partial charge in [-0.05, 0) is 68.1 Å². The lowest BCUT2D eigenvalue weighted by molar-refractivity contribution is -0.127. The summed E-state index contributed by atoms with van der Waals surface area (Å²) in [4.78, 5) is 30.8. The van der Waals surface area contributed by atoms with Crippen molar-refractivity contribution in [2.45, 2.75) is 39.3 Å². The van der Waals surface area contributed by atoms with Gasteiger partial charge in [0.25, 0.3) is 11.5 Å². The van der Waals surface area contributed by atoms with E-state index in [4.69, 9.17) is 9.47 Å². The van der Waals surface area contributed by atoms with E-state index >= 15 is 0 Å². The maximum atomic E-state index is 13.4. The molecule has 1 saturated heterocycles. The van der Waals surface area contributed by atoms with Crippen molar-refractivity contribution < 1.29 is 14.3 Å². The number of nitrogens with one attached hydrogen (secondary N) is 1. The van der Waals surface area contributed by atoms with Crippen molar-refractivity contribution in [2.75, 3.05) is 18.6 Å². The normalized spacial score (nSPS) is 16.0. The van der Waals surface area contributed by atoms with Gasteiger partial charge >= 0.3 is 0 Å². The number of aromatic amines is 1. The zero-order valence-electron chi connectivity index (χ0n) is 17.5. The summed E-state index contributed by atoms with van der Waals surface area (Å²) >= 11 is 0. The molecule has 4 rings (SSSR count). The zero-order valence-corrected chi connectivity index (χ0v) is 17.5. The van der Waals surface area contributed by atoms with Gasteiger partial charge in [0.2, 0.25) is 0 Å². The minimum absolute atomic E-state index is 0.105. The smallest absolute Gasteiger partial charge is 0.256 e. The van der Waals surface area contributed by atoms with Crippen LogP contribution < -0.4 is 15.2 Å². The molecule has 0 spiro atoms. The van der Waals surface area contributed by atoms with Crippen LogP contribution in [0.4, 0.5) is 5.69 Å². The number of methoxy groups -OCH3 is 1. The number of amides is 1. The predicted molar refractivity (Wildman–Crippen MR) is 117 cm³/mol. The molecule has 1 fully saturated rings. The van der Waals surface area contributed by atoms with Crippen molar-refractivity contribution in [3.05, 3.63) is 69.5 Å². The minimum Gasteiger partial charge on any atom is -0.497 e. The van der Waals surface area contributed by atoms with E-state index in [1.807, 2.05) is 50.2 Å². The molecular formula is C24H26N2O4. The van der Waals surface area contributed by atoms with Gasteiger partial charge in [0.05, 0.1) is 13.7 Å². The average Bonchev–Trinajstić information content (AvgIpc) is 3.28. The molecule has 1 N–H and O–H groups in total. The number of carbonyl (C=O) groups is 1. The van der Waals surface area contributed by atoms with Gasteiger partial charge in [-0.1, -0.05) is 12.1 Å². The highest BCUT2D eigenvalue weighted by atomic mass is 16.5. The molecule has 1 unspecified atom stereocenters. The van der Waals surface area contributed by atoms with E-state index in [0.717, 1.165) is 34.1 Å². The highest BCUT2D eigenvalue weighted by Gasteiger charge is 2.30. The van der Waals surface area contributed by atoms with Crippen LogP contribution in [0.5, 0.6) is 5.75 Å². The third kappa shape index (κ3) is 3.83. The number of aromatic nitrogens is 1. The number of rotatable bonds is 5. The Bertz CT molecular complexity index is 1150. The summed E-state index contributed by atoms with van der Waals surface area (Å²) in [6, 6.07) is 13.2. The number of hydrogen-bond donors (Lipinski definition) is 1. The van der Waals surface area contributed by atoms with E-state index in [1.54, 1.807) is 18.1 Å². The van der Waals surface area contributed by atoms with Crippen molar-refractivity contribution in [3.8, 4) is 5.75 Å². The quantitative estimate of drug-likeness (QED) is 0.698. The Kier molecular flexibility index (Phi) is 5.59. The molecule has 1 amide bonds. The molecule has 1 aromatic heterocycles. The lowest BCUT2D eigenvalue weighted by Crippen LogP contribution is -2.40. The number of nitrogens with zero attached hydrogens (tertiary/aromatic N) is 1. The fourth-order valence-corrected chi connectivity index (χ4v) is 3.90. The first-order valence-corrected chi connectivity index (χ1v) is 10.2. The SMILES string of the molecule is COc1ccc2[nH]c(=O)c(CN(C(=O)C3CCCO3)c3cccc(C)c3C)cc2c1. The number of ether oxygens (including phenoxy) is 2. The first-order chi connectivity index (χ1) is 14.5. The third-order valence-electron chi connectivity index (χ3n) is 5.79. The zero-order chi connectivity index (χ0) is 21.3. The standard InChI is InChI=1S/C24H26N2O4/c1-15-6-4-7-21(16(15)2)26(24(28)22-8-5-11-30-22)14-18-12-17-13-19(29-3)9-10-20(17)25-23(18)27/h4,6-7,9-10,12-13,22H,5,8,11,14H2,1-3H3,(H,25,27). The summed E-state index contributed by atoms with van der Waals surface area (Å²) in [5, 5.41) is 0.856. The number of carbonyl (C=O) groups excluding carboxylic acids is 1. The molecule has 6 nitrogen and oxygen atoms in total. The Hall–Kier alpha value is -3.12. The molecule has 0 bridgehead atoms. The van der Waals surface area contributed by atoms with Gasteiger partial charge in [0, 0.05) is 28.8 Å². The first kappa shape index (κ1) is 20.2. The second-order valence-electron chi connectivity index (χ2n) is 7.72. The van der Waals surface area contributed by atoms with Gasteiger partial charge in [-0.25, -0.2) is 0 Å². The van der Waals surface area contributed by atoms with Crippen LogP contribution in [0, 0.1) is 13.8 Å². The lowest BCUT2D eigenvalue weighted by atomic mass is 10.0. The molecule has 156 valence electrons. The van der Waals surface area contributed by atoms with Crippen LogP contribution in [0.3, 0.4) is 0 Å². The number of benzene rings is 2. The molecule has 3 aromatic rings. The van der Waals surface area contributed by atoms with E-state index in [9.17, 15) is 9.59 Å². The van der Waals surface area contributed by atoms with Gasteiger partial charge in [0.1, 0.15) is 11.9 Å². The van der Waals surface area contributed by atoms with E-state index < -0.39 is 6.10 Å². The topological polar surface area (TPSA) is 71.6 Å². The Morgan fingerprint density at radius 1 is 1.23 bits per heavy atom. The Morgan fingerprint density at radius 2 is 2.07 bits per heavy atom. The fourth-order valence-electron chi connectivity index (χ4n) is 3.90. The summed E-state index contributed by atoms with van der Waals surface area (Å²) in [5.74, 6) is 0.605. The van der Waals surface area contributed by atoms with Crippen LogP contribution in [0.25, 0.3) is 10.9 Å². The fraction of sp³-hybridized carbons (Fsp3) is 0.333. The molecule has 2 heterocycles. The van der Waals surface area contributed by atoms with Crippen molar-refractivity contribution in [3.63, 3.8) is 0 Å². The number of pyridine rings is 1. The predicted octanol–water partition coefficient (Wildman–Crippen LogP) is 3.87. The number of H-pyrrole nitrogens is 1. The highest BCUT2D eigenvalue weighted by Crippen LogP contribution is 2.28. The van der Waals surface area contributed by atoms with Gasteiger partial charge in [-0.3, -0.25) is 9.59 Å². The average molecular weight is 406 g/mol. The largest absolute Gasteiger partial charge is 0.497 e. The number of aryl methyl sites for hydroxylation is 1. The van der Waals surface area contributed by atoms with Crippen LogP contribution in [-0.4, -0.2) is 30.7 Å². The molecule has 0 radical (unpaired) electrons. The van der Waals surface area contributed by atoms with Crippen molar-refractivity contribution >= 4 is 22.5 Å². The van der Waals surface area contributed by atoms with Crippen molar-refractivity contribution in [1.82, 2.24) is 4.98 Å². The maximum Gasteiger partial charge on any atom is 0.256 e. The van der Waals surface area contributed by atoms with E-state index in [-0.39, 0.29) is 18.0 Å². The highest BCUT2D eigenvalue weighted by molar-refractivity contribution is 5.97. The summed E-state index contributed by atoms with van der Waals surface area (Å²) in [6.45, 7) is 4.78. The molecule has 1 aliphatic rings. The molecule has 30 heavy (non-hydrogen) atoms. The summed E-state index contributed by atoms with van der Waals surface area (Å²) in [7, 11) is 1.61. The Balaban J connectivity index is 1.78. The van der Waals surface area contributed by atoms with Crippen LogP contribution in [0.15, 0.2) is 47.3 Å². The molecule has 0 aliphatic carbocycles. The van der Waals surface area contributed by atoms with Crippen LogP contribution in [0.1, 0.15) is 29.5 Å². The molecule has 6 heteroatoms. The van der Waals surface area contributed by atoms with Crippen LogP contribution in [0.2, 0.25) is 0 Å². The van der Waals surface area contributed by atoms with Gasteiger partial charge in [-0.15, -0.1) is 0 Å². The maximum absolute atomic E-state index is 13.4. The summed E-state index contributed by atoms with van der Waals surface area (Å²) in [6.07, 6.45) is 1.10. The minimum atomic E-state index is -0.468. The molecular weight excluding hydrogens is 380 g/mol. The van der Waals surface area contributed by atoms with E-state index in [0.29, 0.717) is 24.3 Å². The third-order valence-corrected chi connectivity index (χ3v) is 5.79. The first-order valence-electron chi connectivity index (χ1n) is 10.2. The lowest BCUT2D eigenvalue weighted by Gasteiger charge is -2.27. The van der Waals surface area contributed by atoms with E-state index in [2.05, 4.69) is 4.98 Å². The van der Waals surface area contributed by atoms with Crippen LogP contribution >= 0.6 is 0 Å². The monoisotopic (exact) mass is 406 g/mol. The van der Waals surface area contributed by atoms with Crippen molar-refractivity contribution in [2.24, 2.45) is 0 Å². The molecule has 2 aromatic carbocycles. The number of fused-ring (bicyclic) bond motifs is 1. The second kappa shape index (κ2) is 8.32. The van der Waals surface area contributed by atoms with E-state index in [1.165, 1.54) is 0 Å². The molecule has 1 atom stereocenters. The molecule has 0 saturated carbocycles. The Morgan fingerprint density at radius 3 is 2.80 bits per heavy atom. The summed E-state index contributed by atoms with van der Waals surface area (Å²) in [5.41, 5.74) is 3.96. The number of hydrogen-bond acceptors (Lipinski definition) is 4. The second-order valence-corrected chi connectivity index (χ2v) is 7.72. The van der Waals surface area contributed by atoms with Gasteiger partial charge in [-0.2, -0.15) is 0 Å². The van der Waals surface area contributed by atoms with Crippen LogP contribution in [-0.2, 0) is 16.1 Å². The van der Waals surface area contributed by atoms with Gasteiger partial charge < -0.3 is 19.4 Å². The van der Waals surface area contributed by atoms with Gasteiger partial charge in [0.15, 0.2) is 0 Å².